The maximum Gasteiger partial charge on any atom is 0.336 e. The molecule has 0 spiro atoms. The molecule has 1 heterocycles. The Morgan fingerprint density at radius 2 is 2.07 bits per heavy atom. The van der Waals surface area contributed by atoms with E-state index in [0.717, 1.165) is 30.2 Å². The topological polar surface area (TPSA) is 30.2 Å². The highest BCUT2D eigenvalue weighted by Gasteiger charge is 2.03. The first kappa shape index (κ1) is 9.97. The summed E-state index contributed by atoms with van der Waals surface area (Å²) in [5.74, 6) is 0. The van der Waals surface area contributed by atoms with Crippen molar-refractivity contribution >= 4 is 11.0 Å². The Morgan fingerprint density at radius 3 is 2.87 bits per heavy atom. The molecule has 2 nitrogen and oxygen atoms in total. The van der Waals surface area contributed by atoms with Crippen LogP contribution < -0.4 is 5.63 Å². The standard InChI is InChI=1S/C13H13O2/c1-2-3-6-10-9-13(14)15-12-8-5-4-7-11(10)12/h4-5,7-9H,1-3,6H2. The van der Waals surface area contributed by atoms with E-state index in [0.29, 0.717) is 5.58 Å². The third kappa shape index (κ3) is 2.09. The maximum atomic E-state index is 11.3. The molecule has 2 aromatic rings. The third-order valence-corrected chi connectivity index (χ3v) is 2.43. The zero-order valence-electron chi connectivity index (χ0n) is 8.53. The normalized spacial score (nSPS) is 10.7. The fourth-order valence-electron chi connectivity index (χ4n) is 1.70. The van der Waals surface area contributed by atoms with Crippen molar-refractivity contribution in [2.75, 3.05) is 0 Å². The first-order valence-corrected chi connectivity index (χ1v) is 5.12. The van der Waals surface area contributed by atoms with Crippen LogP contribution in [0.4, 0.5) is 0 Å². The molecule has 0 fully saturated rings. The molecule has 0 N–H and O–H groups in total. The summed E-state index contributed by atoms with van der Waals surface area (Å²) in [5, 5.41) is 1.03. The summed E-state index contributed by atoms with van der Waals surface area (Å²) in [4.78, 5) is 11.3. The van der Waals surface area contributed by atoms with Crippen LogP contribution >= 0.6 is 0 Å². The van der Waals surface area contributed by atoms with E-state index in [2.05, 4.69) is 6.92 Å². The summed E-state index contributed by atoms with van der Waals surface area (Å²) in [6, 6.07) is 9.21. The summed E-state index contributed by atoms with van der Waals surface area (Å²) < 4.78 is 5.11. The van der Waals surface area contributed by atoms with Gasteiger partial charge in [-0.25, -0.2) is 4.79 Å². The fourth-order valence-corrected chi connectivity index (χ4v) is 1.70. The molecule has 0 amide bonds. The molecule has 1 aromatic carbocycles. The molecule has 0 aliphatic heterocycles. The third-order valence-electron chi connectivity index (χ3n) is 2.43. The van der Waals surface area contributed by atoms with Gasteiger partial charge in [0.15, 0.2) is 0 Å². The summed E-state index contributed by atoms with van der Waals surface area (Å²) in [7, 11) is 0. The van der Waals surface area contributed by atoms with E-state index in [9.17, 15) is 4.79 Å². The van der Waals surface area contributed by atoms with Crippen LogP contribution in [0.3, 0.4) is 0 Å². The largest absolute Gasteiger partial charge is 0.423 e. The van der Waals surface area contributed by atoms with Crippen molar-refractivity contribution in [3.63, 3.8) is 0 Å². The highest BCUT2D eigenvalue weighted by Crippen LogP contribution is 2.17. The molecule has 1 aromatic heterocycles. The Bertz CT molecular complexity index is 511. The van der Waals surface area contributed by atoms with Crippen molar-refractivity contribution in [2.45, 2.75) is 19.3 Å². The average molecular weight is 201 g/mol. The van der Waals surface area contributed by atoms with E-state index in [1.165, 1.54) is 0 Å². The Hall–Kier alpha value is -1.57. The van der Waals surface area contributed by atoms with Crippen LogP contribution in [0.5, 0.6) is 0 Å². The van der Waals surface area contributed by atoms with Crippen molar-refractivity contribution in [2.24, 2.45) is 0 Å². The van der Waals surface area contributed by atoms with E-state index in [1.807, 2.05) is 24.3 Å². The molecule has 1 radical (unpaired) electrons. The molecule has 0 saturated heterocycles. The predicted molar refractivity (Wildman–Crippen MR) is 60.8 cm³/mol. The Morgan fingerprint density at radius 1 is 1.27 bits per heavy atom. The van der Waals surface area contributed by atoms with Gasteiger partial charge in [-0.2, -0.15) is 0 Å². The molecule has 77 valence electrons. The summed E-state index contributed by atoms with van der Waals surface area (Å²) in [6.07, 6.45) is 2.76. The van der Waals surface area contributed by atoms with Crippen LogP contribution in [0.2, 0.25) is 0 Å². The Kier molecular flexibility index (Phi) is 2.86. The van der Waals surface area contributed by atoms with Gasteiger partial charge in [0.25, 0.3) is 0 Å². The summed E-state index contributed by atoms with van der Waals surface area (Å²) >= 11 is 0. The number of benzene rings is 1. The molecule has 0 atom stereocenters. The predicted octanol–water partition coefficient (Wildman–Crippen LogP) is 2.95. The molecule has 2 heteroatoms. The van der Waals surface area contributed by atoms with Crippen molar-refractivity contribution in [1.82, 2.24) is 0 Å². The van der Waals surface area contributed by atoms with Crippen LogP contribution in [-0.4, -0.2) is 0 Å². The quantitative estimate of drug-likeness (QED) is 0.715. The van der Waals surface area contributed by atoms with Gasteiger partial charge in [0.2, 0.25) is 0 Å². The van der Waals surface area contributed by atoms with E-state index < -0.39 is 0 Å². The molecule has 15 heavy (non-hydrogen) atoms. The molecule has 0 aliphatic rings. The van der Waals surface area contributed by atoms with Crippen molar-refractivity contribution in [1.29, 1.82) is 0 Å². The van der Waals surface area contributed by atoms with Gasteiger partial charge in [-0.1, -0.05) is 31.5 Å². The first-order valence-electron chi connectivity index (χ1n) is 5.12. The smallest absolute Gasteiger partial charge is 0.336 e. The lowest BCUT2D eigenvalue weighted by atomic mass is 10.0. The second-order valence-corrected chi connectivity index (χ2v) is 3.54. The number of hydrogen-bond acceptors (Lipinski definition) is 2. The summed E-state index contributed by atoms with van der Waals surface area (Å²) in [5.41, 5.74) is 1.46. The molecular weight excluding hydrogens is 188 g/mol. The van der Waals surface area contributed by atoms with Gasteiger partial charge in [-0.15, -0.1) is 0 Å². The second-order valence-electron chi connectivity index (χ2n) is 3.54. The number of unbranched alkanes of at least 4 members (excludes halogenated alkanes) is 1. The summed E-state index contributed by atoms with van der Waals surface area (Å²) in [6.45, 7) is 3.80. The van der Waals surface area contributed by atoms with Crippen molar-refractivity contribution < 1.29 is 4.42 Å². The zero-order chi connectivity index (χ0) is 10.7. The van der Waals surface area contributed by atoms with E-state index in [4.69, 9.17) is 4.42 Å². The van der Waals surface area contributed by atoms with Crippen molar-refractivity contribution in [3.8, 4) is 0 Å². The minimum absolute atomic E-state index is 0.271. The SMILES string of the molecule is [CH2]CCCc1cc(=O)oc2ccccc12. The first-order chi connectivity index (χ1) is 7.31. The van der Waals surface area contributed by atoms with Crippen LogP contribution in [0.25, 0.3) is 11.0 Å². The lowest BCUT2D eigenvalue weighted by Gasteiger charge is -2.03. The van der Waals surface area contributed by atoms with Crippen LogP contribution in [-0.2, 0) is 6.42 Å². The minimum Gasteiger partial charge on any atom is -0.423 e. The lowest BCUT2D eigenvalue weighted by molar-refractivity contribution is 0.558. The number of aryl methyl sites for hydroxylation is 1. The Labute approximate surface area is 88.5 Å². The van der Waals surface area contributed by atoms with E-state index in [1.54, 1.807) is 6.07 Å². The van der Waals surface area contributed by atoms with Gasteiger partial charge >= 0.3 is 5.63 Å². The minimum atomic E-state index is -0.271. The number of fused-ring (bicyclic) bond motifs is 1. The highest BCUT2D eigenvalue weighted by molar-refractivity contribution is 5.79. The lowest BCUT2D eigenvalue weighted by Crippen LogP contribution is -2.00. The van der Waals surface area contributed by atoms with E-state index >= 15 is 0 Å². The van der Waals surface area contributed by atoms with Gasteiger partial charge < -0.3 is 4.42 Å². The molecule has 0 unspecified atom stereocenters. The zero-order valence-corrected chi connectivity index (χ0v) is 8.53. The highest BCUT2D eigenvalue weighted by atomic mass is 16.4. The molecule has 0 aliphatic carbocycles. The Balaban J connectivity index is 2.55. The number of para-hydroxylation sites is 1. The van der Waals surface area contributed by atoms with E-state index in [-0.39, 0.29) is 5.63 Å². The van der Waals surface area contributed by atoms with Gasteiger partial charge in [-0.3, -0.25) is 0 Å². The molecule has 0 bridgehead atoms. The average Bonchev–Trinajstić information content (AvgIpc) is 2.25. The monoisotopic (exact) mass is 201 g/mol. The van der Waals surface area contributed by atoms with Gasteiger partial charge in [0.05, 0.1) is 0 Å². The number of rotatable bonds is 3. The van der Waals surface area contributed by atoms with Crippen LogP contribution in [0.1, 0.15) is 18.4 Å². The van der Waals surface area contributed by atoms with Crippen LogP contribution in [0, 0.1) is 6.92 Å². The maximum absolute atomic E-state index is 11.3. The molecule has 2 rings (SSSR count). The van der Waals surface area contributed by atoms with Gasteiger partial charge in [-0.05, 0) is 24.5 Å². The van der Waals surface area contributed by atoms with Crippen molar-refractivity contribution in [3.05, 3.63) is 53.2 Å². The van der Waals surface area contributed by atoms with Gasteiger partial charge in [0, 0.05) is 11.5 Å². The molecular formula is C13H13O2. The van der Waals surface area contributed by atoms with Gasteiger partial charge in [0.1, 0.15) is 5.58 Å². The van der Waals surface area contributed by atoms with Crippen LogP contribution in [0.15, 0.2) is 39.5 Å². The fraction of sp³-hybridized carbons (Fsp3) is 0.231. The number of hydrogen-bond donors (Lipinski definition) is 0. The second kappa shape index (κ2) is 4.30. The molecule has 0 saturated carbocycles.